The van der Waals surface area contributed by atoms with Gasteiger partial charge in [0.1, 0.15) is 28.7 Å². The number of ether oxygens (including phenoxy) is 1. The largest absolute Gasteiger partial charge is 0.507 e. The van der Waals surface area contributed by atoms with Crippen LogP contribution in [0.25, 0.3) is 16.8 Å². The van der Waals surface area contributed by atoms with Gasteiger partial charge < -0.3 is 24.5 Å². The van der Waals surface area contributed by atoms with Crippen molar-refractivity contribution in [2.24, 2.45) is 0 Å². The summed E-state index contributed by atoms with van der Waals surface area (Å²) in [6.07, 6.45) is 6.24. The first-order chi connectivity index (χ1) is 11.9. The lowest BCUT2D eigenvalue weighted by Gasteiger charge is -2.07. The highest BCUT2D eigenvalue weighted by atomic mass is 35.5. The second kappa shape index (κ2) is 6.92. The van der Waals surface area contributed by atoms with Gasteiger partial charge in [0, 0.05) is 17.9 Å². The second-order valence-corrected chi connectivity index (χ2v) is 6.29. The van der Waals surface area contributed by atoms with Gasteiger partial charge in [-0.05, 0) is 19.1 Å². The van der Waals surface area contributed by atoms with Gasteiger partial charge in [0.05, 0.1) is 17.2 Å². The molecule has 0 bridgehead atoms. The molecule has 7 heteroatoms. The molecule has 3 atom stereocenters. The molecule has 0 aliphatic carbocycles. The smallest absolute Gasteiger partial charge is 0.347 e. The first kappa shape index (κ1) is 17.5. The second-order valence-electron chi connectivity index (χ2n) is 5.91. The minimum Gasteiger partial charge on any atom is -0.507 e. The molecule has 1 aromatic heterocycles. The number of allylic oxidation sites excluding steroid dienone is 2. The normalized spacial score (nSPS) is 24.0. The highest BCUT2D eigenvalue weighted by Crippen LogP contribution is 2.36. The zero-order chi connectivity index (χ0) is 18.1. The van der Waals surface area contributed by atoms with Crippen molar-refractivity contribution >= 4 is 28.4 Å². The number of aliphatic hydroxyl groups is 1. The number of hydrogen-bond acceptors (Lipinski definition) is 6. The minimum atomic E-state index is -0.760. The molecule has 6 nitrogen and oxygen atoms in total. The van der Waals surface area contributed by atoms with Gasteiger partial charge in [0.15, 0.2) is 0 Å². The van der Waals surface area contributed by atoms with E-state index in [0.29, 0.717) is 6.42 Å². The third-order valence-corrected chi connectivity index (χ3v) is 4.37. The molecule has 1 aliphatic heterocycles. The summed E-state index contributed by atoms with van der Waals surface area (Å²) in [6, 6.07) is 2.44. The van der Waals surface area contributed by atoms with E-state index in [2.05, 4.69) is 0 Å². The number of phenols is 2. The van der Waals surface area contributed by atoms with Crippen LogP contribution in [0, 0.1) is 0 Å². The molecule has 3 N–H and O–H groups in total. The fourth-order valence-corrected chi connectivity index (χ4v) is 3.00. The van der Waals surface area contributed by atoms with Gasteiger partial charge in [-0.3, -0.25) is 0 Å². The van der Waals surface area contributed by atoms with E-state index < -0.39 is 17.5 Å². The van der Waals surface area contributed by atoms with E-state index in [9.17, 15) is 20.1 Å². The molecule has 1 aliphatic rings. The Hall–Kier alpha value is -2.28. The van der Waals surface area contributed by atoms with Crippen LogP contribution in [0.1, 0.15) is 19.1 Å². The molecule has 0 radical (unpaired) electrons. The fourth-order valence-electron chi connectivity index (χ4n) is 2.80. The zero-order valence-corrected chi connectivity index (χ0v) is 14.1. The molecule has 0 saturated carbocycles. The third-order valence-electron chi connectivity index (χ3n) is 3.98. The van der Waals surface area contributed by atoms with Crippen LogP contribution in [-0.2, 0) is 4.74 Å². The van der Waals surface area contributed by atoms with Crippen LogP contribution in [0.4, 0.5) is 0 Å². The molecule has 1 fully saturated rings. The molecule has 1 saturated heterocycles. The van der Waals surface area contributed by atoms with Crippen molar-refractivity contribution in [1.82, 2.24) is 0 Å². The van der Waals surface area contributed by atoms with Crippen LogP contribution >= 0.6 is 11.6 Å². The van der Waals surface area contributed by atoms with E-state index in [0.717, 1.165) is 6.07 Å². The maximum Gasteiger partial charge on any atom is 0.347 e. The maximum absolute atomic E-state index is 12.0. The van der Waals surface area contributed by atoms with Gasteiger partial charge in [0.25, 0.3) is 0 Å². The van der Waals surface area contributed by atoms with Crippen LogP contribution in [0.15, 0.2) is 39.6 Å². The number of rotatable bonds is 3. The molecule has 0 amide bonds. The zero-order valence-electron chi connectivity index (χ0n) is 13.3. The Kier molecular flexibility index (Phi) is 4.85. The van der Waals surface area contributed by atoms with Crippen molar-refractivity contribution in [3.8, 4) is 11.5 Å². The third kappa shape index (κ3) is 3.56. The summed E-state index contributed by atoms with van der Waals surface area (Å²) in [6.45, 7) is 1.89. The quantitative estimate of drug-likeness (QED) is 0.724. The number of aliphatic hydroxyl groups excluding tert-OH is 1. The molecular weight excluding hydrogens is 348 g/mol. The van der Waals surface area contributed by atoms with Gasteiger partial charge in [-0.15, -0.1) is 0 Å². The Morgan fingerprint density at radius 1 is 1.24 bits per heavy atom. The molecular formula is C18H17ClO6. The van der Waals surface area contributed by atoms with Crippen molar-refractivity contribution in [2.75, 3.05) is 0 Å². The lowest BCUT2D eigenvalue weighted by atomic mass is 10.1. The highest BCUT2D eigenvalue weighted by Gasteiger charge is 2.28. The van der Waals surface area contributed by atoms with E-state index in [1.54, 1.807) is 18.2 Å². The predicted molar refractivity (Wildman–Crippen MR) is 94.0 cm³/mol. The molecule has 132 valence electrons. The predicted octanol–water partition coefficient (Wildman–Crippen LogP) is 2.97. The summed E-state index contributed by atoms with van der Waals surface area (Å²) in [5.74, 6) is -0.522. The Morgan fingerprint density at radius 3 is 2.68 bits per heavy atom. The Balaban J connectivity index is 1.87. The van der Waals surface area contributed by atoms with E-state index in [4.69, 9.17) is 20.8 Å². The summed E-state index contributed by atoms with van der Waals surface area (Å²) < 4.78 is 10.6. The van der Waals surface area contributed by atoms with Crippen molar-refractivity contribution in [1.29, 1.82) is 0 Å². The Bertz CT molecular complexity index is 914. The summed E-state index contributed by atoms with van der Waals surface area (Å²) in [4.78, 5) is 12.0. The monoisotopic (exact) mass is 364 g/mol. The lowest BCUT2D eigenvalue weighted by Crippen LogP contribution is -2.17. The van der Waals surface area contributed by atoms with Crippen LogP contribution in [0.2, 0.25) is 5.02 Å². The summed E-state index contributed by atoms with van der Waals surface area (Å²) in [5.41, 5.74) is -0.760. The molecule has 3 rings (SSSR count). The number of aromatic hydroxyl groups is 2. The number of halogens is 1. The van der Waals surface area contributed by atoms with Crippen LogP contribution in [0.3, 0.4) is 0 Å². The highest BCUT2D eigenvalue weighted by molar-refractivity contribution is 6.37. The van der Waals surface area contributed by atoms with Gasteiger partial charge in [-0.25, -0.2) is 4.79 Å². The molecule has 0 spiro atoms. The van der Waals surface area contributed by atoms with E-state index in [-0.39, 0.29) is 39.5 Å². The van der Waals surface area contributed by atoms with E-state index in [1.807, 2.05) is 6.92 Å². The van der Waals surface area contributed by atoms with E-state index >= 15 is 0 Å². The summed E-state index contributed by atoms with van der Waals surface area (Å²) in [5, 5.41) is 29.3. The Morgan fingerprint density at radius 2 is 2.00 bits per heavy atom. The molecule has 25 heavy (non-hydrogen) atoms. The van der Waals surface area contributed by atoms with Gasteiger partial charge >= 0.3 is 5.63 Å². The van der Waals surface area contributed by atoms with E-state index in [1.165, 1.54) is 12.1 Å². The molecule has 1 aromatic carbocycles. The van der Waals surface area contributed by atoms with Crippen LogP contribution in [-0.4, -0.2) is 33.6 Å². The van der Waals surface area contributed by atoms with Gasteiger partial charge in [-0.2, -0.15) is 0 Å². The average Bonchev–Trinajstić information content (AvgIpc) is 2.86. The van der Waals surface area contributed by atoms with Gasteiger partial charge in [0.2, 0.25) is 0 Å². The standard InChI is InChI=1S/C18H17ClO6/c1-9-6-12(20)15(24-9)5-3-2-4-10-7-11-16(18(23)25-10)13(21)8-14(22)17(11)19/h2-5,7-9,12,15,20-22H,6H2,1H3/t9-,12+,15+/m1/s1. The SMILES string of the molecule is C[C@@H]1C[C@H](O)[C@H](C=CC=Cc2cc3c(Cl)c(O)cc(O)c3c(=O)o2)O1. The van der Waals surface area contributed by atoms with Crippen molar-refractivity contribution in [2.45, 2.75) is 31.7 Å². The maximum atomic E-state index is 12.0. The van der Waals surface area contributed by atoms with Crippen molar-refractivity contribution < 1.29 is 24.5 Å². The number of benzene rings is 1. The molecule has 2 heterocycles. The van der Waals surface area contributed by atoms with Crippen LogP contribution in [0.5, 0.6) is 11.5 Å². The van der Waals surface area contributed by atoms with Crippen molar-refractivity contribution in [3.05, 3.63) is 51.6 Å². The van der Waals surface area contributed by atoms with Crippen LogP contribution < -0.4 is 5.63 Å². The first-order valence-corrected chi connectivity index (χ1v) is 8.11. The Labute approximate surface area is 148 Å². The summed E-state index contributed by atoms with van der Waals surface area (Å²) in [7, 11) is 0. The average molecular weight is 365 g/mol. The molecule has 2 aromatic rings. The van der Waals surface area contributed by atoms with Crippen molar-refractivity contribution in [3.63, 3.8) is 0 Å². The minimum absolute atomic E-state index is 0.00892. The number of fused-ring (bicyclic) bond motifs is 1. The fraction of sp³-hybridized carbons (Fsp3) is 0.278. The summed E-state index contributed by atoms with van der Waals surface area (Å²) >= 11 is 5.99. The molecule has 0 unspecified atom stereocenters. The first-order valence-electron chi connectivity index (χ1n) is 7.73. The number of hydrogen-bond donors (Lipinski definition) is 3. The number of phenolic OH excluding ortho intramolecular Hbond substituents is 2. The lowest BCUT2D eigenvalue weighted by molar-refractivity contribution is 0.0469. The van der Waals surface area contributed by atoms with Gasteiger partial charge in [-0.1, -0.05) is 29.8 Å². The topological polar surface area (TPSA) is 100 Å².